The third kappa shape index (κ3) is 7.12. The van der Waals surface area contributed by atoms with Gasteiger partial charge >= 0.3 is 24.0 Å². The zero-order valence-electron chi connectivity index (χ0n) is 34.2. The molecular formula is C43H53NO15. The summed E-state index contributed by atoms with van der Waals surface area (Å²) in [5.41, 5.74) is -9.75. The molecule has 1 saturated heterocycles. The minimum Gasteiger partial charge on any atom is -0.455 e. The number of hydrogen-bond donors (Lipinski definition) is 6. The molecule has 0 aromatic heterocycles. The number of alkyl carbamates (subject to hydrolysis) is 1. The van der Waals surface area contributed by atoms with Crippen LogP contribution in [0.4, 0.5) is 4.79 Å². The quantitative estimate of drug-likeness (QED) is 0.127. The lowest BCUT2D eigenvalue weighted by molar-refractivity contribution is -0.352. The van der Waals surface area contributed by atoms with Gasteiger partial charge in [0.25, 0.3) is 0 Å². The highest BCUT2D eigenvalue weighted by atomic mass is 16.6. The molecule has 2 aromatic rings. The molecule has 12 atom stereocenters. The fraction of sp³-hybridized carbons (Fsp3) is 0.558. The standard InChI is InChI=1S/C43H53NO15/c1-21-27-29(47)33(49)41(8)25(46)19-26-42(20-55-26,58-22(2)45)32(41)35(57-36(51)24-17-13-10-14-18-24)43(54,40(27,6)7)34(50)31(21)56-37(52)30(48)28(23-15-11-9-12-16-23)44-38(53)59-39(3,4)5/h9-18,25-26,28-32,34-35,46-48,50,54H,19-20H2,1-8H3,(H,44,53)/t25-,26+,28-,29+,30+,31+,32?,34-,35-,41+,42-,43+/m0/s1. The number of fused-ring (bicyclic) bond motifs is 5. The Morgan fingerprint density at radius 3 is 2.07 bits per heavy atom. The number of carbonyl (C=O) groups excluding carboxylic acids is 5. The molecule has 4 aliphatic rings. The number of carbonyl (C=O) groups is 5. The SMILES string of the molecule is CC(=O)O[C@@]12CO[C@@H]1C[C@H](O)[C@@]1(C)C(=O)[C@H](O)C3=C(C)[C@@H](OC(=O)[C@H](O)[C@@H](NC(=O)OC(C)(C)C)c4ccccc4)[C@H](O)[C@@](O)([C@@H](OC(=O)c4ccccc4)C12)C3(C)C. The summed E-state index contributed by atoms with van der Waals surface area (Å²) in [5, 5.41) is 64.2. The highest BCUT2D eigenvalue weighted by Crippen LogP contribution is 2.64. The van der Waals surface area contributed by atoms with Crippen LogP contribution in [0.2, 0.25) is 0 Å². The van der Waals surface area contributed by atoms with E-state index in [1.54, 1.807) is 57.2 Å². The van der Waals surface area contributed by atoms with E-state index in [1.807, 2.05) is 0 Å². The minimum atomic E-state index is -2.84. The first-order valence-corrected chi connectivity index (χ1v) is 19.5. The summed E-state index contributed by atoms with van der Waals surface area (Å²) >= 11 is 0. The Kier molecular flexibility index (Phi) is 11.4. The second kappa shape index (κ2) is 15.4. The Hall–Kier alpha value is -4.71. The van der Waals surface area contributed by atoms with Gasteiger partial charge in [0.15, 0.2) is 23.6 Å². The molecule has 2 bridgehead atoms. The molecule has 0 spiro atoms. The number of ketones is 1. The van der Waals surface area contributed by atoms with Crippen LogP contribution in [0.5, 0.6) is 0 Å². The second-order valence-corrected chi connectivity index (χ2v) is 17.6. The zero-order valence-corrected chi connectivity index (χ0v) is 34.2. The molecule has 3 fully saturated rings. The summed E-state index contributed by atoms with van der Waals surface area (Å²) in [6, 6.07) is 14.1. The lowest BCUT2D eigenvalue weighted by atomic mass is 9.44. The molecule has 320 valence electrons. The predicted molar refractivity (Wildman–Crippen MR) is 205 cm³/mol. The van der Waals surface area contributed by atoms with E-state index < -0.39 is 112 Å². The zero-order chi connectivity index (χ0) is 43.6. The maximum atomic E-state index is 15.0. The van der Waals surface area contributed by atoms with Crippen LogP contribution >= 0.6 is 0 Å². The van der Waals surface area contributed by atoms with Crippen molar-refractivity contribution in [3.63, 3.8) is 0 Å². The van der Waals surface area contributed by atoms with Crippen LogP contribution in [0.25, 0.3) is 0 Å². The molecule has 6 N–H and O–H groups in total. The number of benzene rings is 2. The first-order valence-electron chi connectivity index (χ1n) is 19.5. The summed E-state index contributed by atoms with van der Waals surface area (Å²) in [6.45, 7) is 11.1. The normalized spacial score (nSPS) is 34.6. The van der Waals surface area contributed by atoms with Crippen LogP contribution in [-0.4, -0.2) is 121 Å². The van der Waals surface area contributed by atoms with Gasteiger partial charge in [-0.05, 0) is 63.5 Å². The number of rotatable bonds is 8. The Morgan fingerprint density at radius 2 is 1.53 bits per heavy atom. The number of aliphatic hydroxyl groups excluding tert-OH is 4. The van der Waals surface area contributed by atoms with Crippen molar-refractivity contribution < 1.29 is 73.2 Å². The molecule has 16 heteroatoms. The van der Waals surface area contributed by atoms with E-state index in [1.165, 1.54) is 52.0 Å². The van der Waals surface area contributed by atoms with Crippen LogP contribution in [0.15, 0.2) is 71.8 Å². The van der Waals surface area contributed by atoms with E-state index >= 15 is 0 Å². The van der Waals surface area contributed by atoms with E-state index in [0.29, 0.717) is 0 Å². The Morgan fingerprint density at radius 1 is 0.932 bits per heavy atom. The lowest BCUT2D eigenvalue weighted by Gasteiger charge is -2.67. The highest BCUT2D eigenvalue weighted by molar-refractivity contribution is 5.94. The van der Waals surface area contributed by atoms with Crippen molar-refractivity contribution in [1.82, 2.24) is 5.32 Å². The van der Waals surface area contributed by atoms with Gasteiger partial charge in [0, 0.05) is 18.8 Å². The summed E-state index contributed by atoms with van der Waals surface area (Å²) < 4.78 is 29.2. The van der Waals surface area contributed by atoms with E-state index in [-0.39, 0.29) is 35.3 Å². The van der Waals surface area contributed by atoms with Crippen LogP contribution in [0, 0.1) is 16.7 Å². The average molecular weight is 824 g/mol. The number of amides is 1. The fourth-order valence-electron chi connectivity index (χ4n) is 9.70. The molecule has 1 heterocycles. The summed E-state index contributed by atoms with van der Waals surface area (Å²) in [6.07, 6.45) is -14.5. The Labute approximate surface area is 341 Å². The van der Waals surface area contributed by atoms with Crippen molar-refractivity contribution in [3.8, 4) is 0 Å². The first-order chi connectivity index (χ1) is 27.4. The molecule has 1 amide bonds. The molecule has 16 nitrogen and oxygen atoms in total. The molecule has 3 aliphatic carbocycles. The van der Waals surface area contributed by atoms with E-state index in [4.69, 9.17) is 23.7 Å². The molecular weight excluding hydrogens is 770 g/mol. The van der Waals surface area contributed by atoms with Gasteiger partial charge in [0.05, 0.1) is 35.6 Å². The predicted octanol–water partition coefficient (Wildman–Crippen LogP) is 2.23. The van der Waals surface area contributed by atoms with Crippen molar-refractivity contribution in [2.75, 3.05) is 6.61 Å². The smallest absolute Gasteiger partial charge is 0.408 e. The van der Waals surface area contributed by atoms with Crippen molar-refractivity contribution in [3.05, 3.63) is 82.9 Å². The maximum absolute atomic E-state index is 15.0. The van der Waals surface area contributed by atoms with Crippen LogP contribution in [0.1, 0.15) is 83.8 Å². The van der Waals surface area contributed by atoms with Gasteiger partial charge < -0.3 is 54.5 Å². The highest BCUT2D eigenvalue weighted by Gasteiger charge is 2.79. The fourth-order valence-corrected chi connectivity index (χ4v) is 9.70. The number of nitrogens with one attached hydrogen (secondary N) is 1. The first kappa shape index (κ1) is 43.9. The molecule has 1 unspecified atom stereocenters. The largest absolute Gasteiger partial charge is 0.455 e. The topological polar surface area (TPSA) is 245 Å². The number of Topliss-reactive ketones (excluding diaryl/α,β-unsaturated/α-hetero) is 1. The molecule has 2 aromatic carbocycles. The van der Waals surface area contributed by atoms with Crippen LogP contribution < -0.4 is 5.32 Å². The van der Waals surface area contributed by atoms with Gasteiger partial charge in [-0.25, -0.2) is 14.4 Å². The van der Waals surface area contributed by atoms with Gasteiger partial charge in [0.2, 0.25) is 0 Å². The summed E-state index contributed by atoms with van der Waals surface area (Å²) in [7, 11) is 0. The number of hydrogen-bond acceptors (Lipinski definition) is 15. The molecule has 6 rings (SSSR count). The Balaban J connectivity index is 1.52. The third-order valence-electron chi connectivity index (χ3n) is 12.6. The van der Waals surface area contributed by atoms with Crippen LogP contribution in [0.3, 0.4) is 0 Å². The van der Waals surface area contributed by atoms with Crippen molar-refractivity contribution >= 4 is 29.8 Å². The second-order valence-electron chi connectivity index (χ2n) is 17.6. The van der Waals surface area contributed by atoms with Gasteiger partial charge in [0.1, 0.15) is 35.6 Å². The van der Waals surface area contributed by atoms with Crippen molar-refractivity contribution in [1.29, 1.82) is 0 Å². The number of aliphatic hydroxyl groups is 5. The number of esters is 3. The van der Waals surface area contributed by atoms with Gasteiger partial charge in [-0.2, -0.15) is 0 Å². The minimum absolute atomic E-state index is 0.00359. The monoisotopic (exact) mass is 823 g/mol. The third-order valence-corrected chi connectivity index (χ3v) is 12.6. The van der Waals surface area contributed by atoms with Crippen molar-refractivity contribution in [2.24, 2.45) is 16.7 Å². The van der Waals surface area contributed by atoms with Gasteiger partial charge in [-0.1, -0.05) is 62.4 Å². The van der Waals surface area contributed by atoms with E-state index in [9.17, 15) is 49.5 Å². The molecule has 0 radical (unpaired) electrons. The molecule has 2 saturated carbocycles. The summed E-state index contributed by atoms with van der Waals surface area (Å²) in [4.78, 5) is 69.0. The molecule has 59 heavy (non-hydrogen) atoms. The maximum Gasteiger partial charge on any atom is 0.408 e. The van der Waals surface area contributed by atoms with Crippen LogP contribution in [-0.2, 0) is 38.1 Å². The Bertz CT molecular complexity index is 2010. The number of ether oxygens (including phenoxy) is 5. The average Bonchev–Trinajstić information content (AvgIpc) is 3.16. The van der Waals surface area contributed by atoms with E-state index in [2.05, 4.69) is 5.32 Å². The van der Waals surface area contributed by atoms with Crippen molar-refractivity contribution in [2.45, 2.75) is 127 Å². The lowest BCUT2D eigenvalue weighted by Crippen LogP contribution is -2.83. The van der Waals surface area contributed by atoms with E-state index in [0.717, 1.165) is 6.92 Å². The van der Waals surface area contributed by atoms with Gasteiger partial charge in [-0.3, -0.25) is 9.59 Å². The van der Waals surface area contributed by atoms with Gasteiger partial charge in [-0.15, -0.1) is 0 Å². The molecule has 1 aliphatic heterocycles. The summed E-state index contributed by atoms with van der Waals surface area (Å²) in [5.74, 6) is -5.96.